The molecule has 54 valence electrons. The zero-order valence-electron chi connectivity index (χ0n) is 5.80. The second-order valence-corrected chi connectivity index (χ2v) is 2.87. The molecule has 0 unspecified atom stereocenters. The van der Waals surface area contributed by atoms with Crippen molar-refractivity contribution in [3.8, 4) is 0 Å². The highest BCUT2D eigenvalue weighted by Crippen LogP contribution is 2.32. The highest BCUT2D eigenvalue weighted by atomic mass is 16.3. The summed E-state index contributed by atoms with van der Waals surface area (Å²) < 4.78 is 0. The monoisotopic (exact) mass is 130 g/mol. The van der Waals surface area contributed by atoms with Crippen LogP contribution >= 0.6 is 0 Å². The molecule has 0 spiro atoms. The summed E-state index contributed by atoms with van der Waals surface area (Å²) in [5.41, 5.74) is -0.750. The van der Waals surface area contributed by atoms with Gasteiger partial charge in [-0.2, -0.15) is 0 Å². The predicted octanol–water partition coefficient (Wildman–Crippen LogP) is 0.672. The van der Waals surface area contributed by atoms with Crippen molar-refractivity contribution in [2.45, 2.75) is 44.3 Å². The summed E-state index contributed by atoms with van der Waals surface area (Å²) in [5.74, 6) is 0. The summed E-state index contributed by atoms with van der Waals surface area (Å²) >= 11 is 0. The van der Waals surface area contributed by atoms with Gasteiger partial charge in [-0.15, -0.1) is 0 Å². The lowest BCUT2D eigenvalue weighted by Gasteiger charge is -2.24. The van der Waals surface area contributed by atoms with Crippen molar-refractivity contribution in [1.29, 1.82) is 0 Å². The highest BCUT2D eigenvalue weighted by molar-refractivity contribution is 4.90. The van der Waals surface area contributed by atoms with E-state index in [1.165, 1.54) is 0 Å². The minimum absolute atomic E-state index is 0.470. The number of aliphatic hydroxyl groups excluding tert-OH is 1. The van der Waals surface area contributed by atoms with E-state index in [2.05, 4.69) is 0 Å². The maximum atomic E-state index is 9.52. The standard InChI is InChI=1S/C7H14O2/c1-2-7(9)5-3-4-6(7)8/h6,8-9H,2-5H2,1H3/t6-,7+/m1/s1. The summed E-state index contributed by atoms with van der Waals surface area (Å²) in [6.45, 7) is 1.91. The molecule has 2 heteroatoms. The van der Waals surface area contributed by atoms with Crippen LogP contribution in [0.25, 0.3) is 0 Å². The maximum absolute atomic E-state index is 9.52. The van der Waals surface area contributed by atoms with Crippen LogP contribution in [0.2, 0.25) is 0 Å². The lowest BCUT2D eigenvalue weighted by Crippen LogP contribution is -2.36. The van der Waals surface area contributed by atoms with Crippen LogP contribution in [-0.2, 0) is 0 Å². The van der Waals surface area contributed by atoms with Crippen molar-refractivity contribution in [2.75, 3.05) is 0 Å². The molecule has 1 fully saturated rings. The Morgan fingerprint density at radius 1 is 1.67 bits per heavy atom. The van der Waals surface area contributed by atoms with E-state index < -0.39 is 11.7 Å². The Morgan fingerprint density at radius 3 is 2.56 bits per heavy atom. The minimum Gasteiger partial charge on any atom is -0.390 e. The molecule has 0 bridgehead atoms. The van der Waals surface area contributed by atoms with Crippen molar-refractivity contribution in [1.82, 2.24) is 0 Å². The van der Waals surface area contributed by atoms with E-state index in [4.69, 9.17) is 0 Å². The Hall–Kier alpha value is -0.0800. The van der Waals surface area contributed by atoms with Gasteiger partial charge in [0.2, 0.25) is 0 Å². The summed E-state index contributed by atoms with van der Waals surface area (Å²) in [7, 11) is 0. The van der Waals surface area contributed by atoms with Crippen molar-refractivity contribution >= 4 is 0 Å². The predicted molar refractivity (Wildman–Crippen MR) is 35.1 cm³/mol. The van der Waals surface area contributed by atoms with Crippen LogP contribution in [0.3, 0.4) is 0 Å². The van der Waals surface area contributed by atoms with Gasteiger partial charge in [0, 0.05) is 0 Å². The second kappa shape index (κ2) is 2.27. The van der Waals surface area contributed by atoms with Gasteiger partial charge in [0.1, 0.15) is 0 Å². The Balaban J connectivity index is 2.56. The number of hydrogen-bond acceptors (Lipinski definition) is 2. The molecule has 0 amide bonds. The van der Waals surface area contributed by atoms with Crippen molar-refractivity contribution in [3.63, 3.8) is 0 Å². The molecule has 0 aliphatic heterocycles. The van der Waals surface area contributed by atoms with Gasteiger partial charge in [-0.05, 0) is 25.7 Å². The zero-order chi connectivity index (χ0) is 6.91. The Labute approximate surface area is 55.5 Å². The highest BCUT2D eigenvalue weighted by Gasteiger charge is 2.37. The molecule has 0 aromatic carbocycles. The molecule has 0 aromatic heterocycles. The molecule has 2 nitrogen and oxygen atoms in total. The average molecular weight is 130 g/mol. The molecule has 0 heterocycles. The van der Waals surface area contributed by atoms with Crippen LogP contribution in [0.4, 0.5) is 0 Å². The molecular formula is C7H14O2. The van der Waals surface area contributed by atoms with E-state index in [9.17, 15) is 10.2 Å². The molecule has 2 atom stereocenters. The second-order valence-electron chi connectivity index (χ2n) is 2.87. The summed E-state index contributed by atoms with van der Waals surface area (Å²) in [6.07, 6.45) is 2.71. The quantitative estimate of drug-likeness (QED) is 0.547. The van der Waals surface area contributed by atoms with Crippen molar-refractivity contribution in [2.24, 2.45) is 0 Å². The first kappa shape index (κ1) is 7.03. The van der Waals surface area contributed by atoms with Gasteiger partial charge in [0.05, 0.1) is 11.7 Å². The molecular weight excluding hydrogens is 116 g/mol. The van der Waals surface area contributed by atoms with Gasteiger partial charge in [-0.1, -0.05) is 6.92 Å². The Bertz CT molecular complexity index is 103. The fraction of sp³-hybridized carbons (Fsp3) is 1.00. The molecule has 1 rings (SSSR count). The van der Waals surface area contributed by atoms with E-state index >= 15 is 0 Å². The van der Waals surface area contributed by atoms with Crippen molar-refractivity contribution in [3.05, 3.63) is 0 Å². The first-order valence-electron chi connectivity index (χ1n) is 3.59. The van der Waals surface area contributed by atoms with Crippen LogP contribution in [0.1, 0.15) is 32.6 Å². The summed E-state index contributed by atoms with van der Waals surface area (Å²) in [5, 5.41) is 18.7. The SMILES string of the molecule is CC[C@]1(O)CCC[C@H]1O. The molecule has 9 heavy (non-hydrogen) atoms. The molecule has 0 radical (unpaired) electrons. The van der Waals surface area contributed by atoms with Crippen LogP contribution < -0.4 is 0 Å². The Kier molecular flexibility index (Phi) is 1.78. The lowest BCUT2D eigenvalue weighted by molar-refractivity contribution is -0.0550. The third kappa shape index (κ3) is 1.10. The molecule has 1 aliphatic carbocycles. The number of aliphatic hydroxyl groups is 2. The van der Waals surface area contributed by atoms with Crippen LogP contribution in [0.5, 0.6) is 0 Å². The Morgan fingerprint density at radius 2 is 2.33 bits per heavy atom. The third-order valence-electron chi connectivity index (χ3n) is 2.32. The van der Waals surface area contributed by atoms with Crippen molar-refractivity contribution < 1.29 is 10.2 Å². The summed E-state index contributed by atoms with van der Waals surface area (Å²) in [4.78, 5) is 0. The lowest BCUT2D eigenvalue weighted by atomic mass is 9.97. The first-order valence-corrected chi connectivity index (χ1v) is 3.59. The van der Waals surface area contributed by atoms with Gasteiger partial charge in [-0.25, -0.2) is 0 Å². The molecule has 0 saturated heterocycles. The van der Waals surface area contributed by atoms with E-state index in [-0.39, 0.29) is 0 Å². The van der Waals surface area contributed by atoms with Gasteiger partial charge < -0.3 is 10.2 Å². The van der Waals surface area contributed by atoms with E-state index in [1.807, 2.05) is 6.92 Å². The fourth-order valence-corrected chi connectivity index (χ4v) is 1.45. The molecule has 0 aromatic rings. The van der Waals surface area contributed by atoms with Gasteiger partial charge in [-0.3, -0.25) is 0 Å². The minimum atomic E-state index is -0.750. The number of rotatable bonds is 1. The largest absolute Gasteiger partial charge is 0.390 e. The maximum Gasteiger partial charge on any atom is 0.0902 e. The molecule has 2 N–H and O–H groups in total. The van der Waals surface area contributed by atoms with E-state index in [0.717, 1.165) is 19.3 Å². The third-order valence-corrected chi connectivity index (χ3v) is 2.32. The smallest absolute Gasteiger partial charge is 0.0902 e. The normalized spacial score (nSPS) is 43.7. The van der Waals surface area contributed by atoms with Crippen LogP contribution in [0, 0.1) is 0 Å². The molecule has 1 aliphatic rings. The van der Waals surface area contributed by atoms with Gasteiger partial charge in [0.25, 0.3) is 0 Å². The summed E-state index contributed by atoms with van der Waals surface area (Å²) in [6, 6.07) is 0. The van der Waals surface area contributed by atoms with Gasteiger partial charge >= 0.3 is 0 Å². The van der Waals surface area contributed by atoms with Crippen LogP contribution in [-0.4, -0.2) is 21.9 Å². The average Bonchev–Trinajstić information content (AvgIpc) is 2.15. The molecule has 1 saturated carbocycles. The zero-order valence-corrected chi connectivity index (χ0v) is 5.80. The topological polar surface area (TPSA) is 40.5 Å². The fourth-order valence-electron chi connectivity index (χ4n) is 1.45. The number of hydrogen-bond donors (Lipinski definition) is 2. The van der Waals surface area contributed by atoms with Gasteiger partial charge in [0.15, 0.2) is 0 Å². The van der Waals surface area contributed by atoms with Crippen LogP contribution in [0.15, 0.2) is 0 Å². The van der Waals surface area contributed by atoms with E-state index in [1.54, 1.807) is 0 Å². The first-order chi connectivity index (χ1) is 4.19. The van der Waals surface area contributed by atoms with E-state index in [0.29, 0.717) is 6.42 Å².